The van der Waals surface area contributed by atoms with Crippen molar-refractivity contribution in [2.24, 2.45) is 0 Å². The maximum Gasteiger partial charge on any atom is 0.294 e. The zero-order valence-corrected chi connectivity index (χ0v) is 6.96. The van der Waals surface area contributed by atoms with Gasteiger partial charge in [0.15, 0.2) is 0 Å². The van der Waals surface area contributed by atoms with Gasteiger partial charge in [0.05, 0.1) is 19.3 Å². The Hall–Kier alpha value is -0.450. The van der Waals surface area contributed by atoms with Gasteiger partial charge in [-0.05, 0) is 6.42 Å². The summed E-state index contributed by atoms with van der Waals surface area (Å²) in [6.07, 6.45) is -0.525. The average molecular weight is 183 g/mol. The molecule has 0 saturated heterocycles. The largest absolute Gasteiger partial charge is 0.391 e. The molecule has 0 radical (unpaired) electrons. The van der Waals surface area contributed by atoms with Crippen molar-refractivity contribution in [1.29, 1.82) is 0 Å². The van der Waals surface area contributed by atoms with Crippen LogP contribution in [0.1, 0.15) is 6.42 Å². The van der Waals surface area contributed by atoms with Gasteiger partial charge in [-0.15, -0.1) is 10.1 Å². The molecule has 0 heterocycles. The molecule has 0 aromatic carbocycles. The van der Waals surface area contributed by atoms with E-state index in [0.717, 1.165) is 0 Å². The smallest absolute Gasteiger partial charge is 0.294 e. The van der Waals surface area contributed by atoms with E-state index in [1.165, 1.54) is 0 Å². The van der Waals surface area contributed by atoms with Crippen molar-refractivity contribution in [2.75, 3.05) is 13.2 Å². The lowest BCUT2D eigenvalue weighted by molar-refractivity contribution is -0.758. The van der Waals surface area contributed by atoms with Gasteiger partial charge in [-0.3, -0.25) is 0 Å². The molecule has 0 aliphatic rings. The Bertz CT molecular complexity index is 121. The van der Waals surface area contributed by atoms with Gasteiger partial charge in [0.1, 0.15) is 0 Å². The lowest BCUT2D eigenvalue weighted by Gasteiger charge is -2.06. The first-order valence-electron chi connectivity index (χ1n) is 2.94. The predicted octanol–water partition coefficient (Wildman–Crippen LogP) is -0.248. The van der Waals surface area contributed by atoms with E-state index < -0.39 is 11.2 Å². The van der Waals surface area contributed by atoms with Crippen LogP contribution in [0.2, 0.25) is 0 Å². The Kier molecular flexibility index (Phi) is 6.02. The Morgan fingerprint density at radius 3 is 2.82 bits per heavy atom. The van der Waals surface area contributed by atoms with E-state index in [4.69, 9.17) is 5.11 Å². The fraction of sp³-hybridized carbons (Fsp3) is 1.00. The first-order chi connectivity index (χ1) is 5.16. The highest BCUT2D eigenvalue weighted by molar-refractivity contribution is 7.09. The Morgan fingerprint density at radius 2 is 2.36 bits per heavy atom. The number of hydrogen-bond donors (Lipinski definition) is 1. The summed E-state index contributed by atoms with van der Waals surface area (Å²) in [7, 11) is 1.97. The highest BCUT2D eigenvalue weighted by Gasteiger charge is 2.03. The summed E-state index contributed by atoms with van der Waals surface area (Å²) in [6.45, 7) is 0.0218. The summed E-state index contributed by atoms with van der Waals surface area (Å²) in [6, 6.07) is 0. The maximum atomic E-state index is 9.61. The van der Waals surface area contributed by atoms with Gasteiger partial charge in [-0.2, -0.15) is 0 Å². The van der Waals surface area contributed by atoms with Crippen LogP contribution >= 0.6 is 9.47 Å². The molecule has 0 aliphatic heterocycles. The Labute approximate surface area is 65.9 Å². The molecule has 0 saturated carbocycles. The van der Waals surface area contributed by atoms with Gasteiger partial charge in [0.25, 0.3) is 5.09 Å². The zero-order valence-electron chi connectivity index (χ0n) is 5.80. The molecule has 7 heteroatoms. The first-order valence-corrected chi connectivity index (χ1v) is 3.41. The minimum absolute atomic E-state index is 0.109. The minimum Gasteiger partial charge on any atom is -0.391 e. The highest BCUT2D eigenvalue weighted by atomic mass is 31.0. The molecule has 0 amide bonds. The van der Waals surface area contributed by atoms with Gasteiger partial charge in [0, 0.05) is 9.47 Å². The molecule has 2 unspecified atom stereocenters. The van der Waals surface area contributed by atoms with Gasteiger partial charge in [0.2, 0.25) is 0 Å². The summed E-state index contributed by atoms with van der Waals surface area (Å²) < 4.78 is 4.50. The molecular weight excluding hydrogens is 173 g/mol. The van der Waals surface area contributed by atoms with Crippen LogP contribution in [0.5, 0.6) is 0 Å². The molecule has 0 bridgehead atoms. The second-order valence-corrected chi connectivity index (χ2v) is 2.17. The predicted molar refractivity (Wildman–Crippen MR) is 39.2 cm³/mol. The maximum absolute atomic E-state index is 9.61. The van der Waals surface area contributed by atoms with E-state index in [0.29, 0.717) is 0 Å². The van der Waals surface area contributed by atoms with Crippen LogP contribution in [0.15, 0.2) is 0 Å². The summed E-state index contributed by atoms with van der Waals surface area (Å²) in [5.74, 6) is 0. The average Bonchev–Trinajstić information content (AvgIpc) is 1.87. The normalized spacial score (nSPS) is 12.5. The van der Waals surface area contributed by atoms with Crippen LogP contribution in [0.3, 0.4) is 0 Å². The van der Waals surface area contributed by atoms with Crippen LogP contribution < -0.4 is 0 Å². The molecule has 0 aromatic rings. The molecule has 0 aliphatic carbocycles. The van der Waals surface area contributed by atoms with Crippen molar-refractivity contribution < 1.29 is 19.6 Å². The fourth-order valence-corrected chi connectivity index (χ4v) is 0.680. The number of aliphatic hydroxyl groups is 1. The van der Waals surface area contributed by atoms with Crippen molar-refractivity contribution in [1.82, 2.24) is 0 Å². The van der Waals surface area contributed by atoms with Crippen LogP contribution in [0.25, 0.3) is 0 Å². The van der Waals surface area contributed by atoms with Crippen LogP contribution in [-0.2, 0) is 9.36 Å². The molecule has 0 spiro atoms. The third-order valence-corrected chi connectivity index (χ3v) is 1.13. The summed E-state index contributed by atoms with van der Waals surface area (Å²) in [5, 5.41) is 17.6. The second kappa shape index (κ2) is 6.27. The summed E-state index contributed by atoms with van der Waals surface area (Å²) in [5.41, 5.74) is 0. The molecule has 2 atom stereocenters. The zero-order chi connectivity index (χ0) is 8.69. The van der Waals surface area contributed by atoms with Gasteiger partial charge in [-0.25, -0.2) is 0 Å². The molecule has 6 nitrogen and oxygen atoms in total. The van der Waals surface area contributed by atoms with Crippen LogP contribution in [-0.4, -0.2) is 29.5 Å². The van der Waals surface area contributed by atoms with E-state index in [1.807, 2.05) is 9.47 Å². The van der Waals surface area contributed by atoms with E-state index in [2.05, 4.69) is 9.36 Å². The van der Waals surface area contributed by atoms with Crippen molar-refractivity contribution in [3.8, 4) is 0 Å². The van der Waals surface area contributed by atoms with Gasteiger partial charge < -0.3 is 14.5 Å². The molecule has 1 N–H and O–H groups in total. The highest BCUT2D eigenvalue weighted by Crippen LogP contribution is 1.96. The topological polar surface area (TPSA) is 81.8 Å². The van der Waals surface area contributed by atoms with E-state index >= 15 is 0 Å². The number of nitrogens with zero attached hydrogens (tertiary/aromatic N) is 1. The van der Waals surface area contributed by atoms with Gasteiger partial charge >= 0.3 is 0 Å². The summed E-state index contributed by atoms with van der Waals surface area (Å²) >= 11 is 0. The third-order valence-electron chi connectivity index (χ3n) is 0.936. The molecule has 0 rings (SSSR count). The van der Waals surface area contributed by atoms with Crippen molar-refractivity contribution in [3.63, 3.8) is 0 Å². The van der Waals surface area contributed by atoms with E-state index in [-0.39, 0.29) is 19.6 Å². The molecular formula is C4H10NO5P. The molecule has 0 aromatic heterocycles. The van der Waals surface area contributed by atoms with Crippen molar-refractivity contribution >= 4 is 9.47 Å². The number of hydrogen-bond acceptors (Lipinski definition) is 5. The minimum atomic E-state index is -0.895. The quantitative estimate of drug-likeness (QED) is 0.349. The lowest BCUT2D eigenvalue weighted by Crippen LogP contribution is -2.16. The fourth-order valence-electron chi connectivity index (χ4n) is 0.458. The summed E-state index contributed by atoms with van der Waals surface area (Å²) in [4.78, 5) is 13.6. The third kappa shape index (κ3) is 7.45. The number of rotatable bonds is 6. The molecule has 11 heavy (non-hydrogen) atoms. The molecule has 66 valence electrons. The lowest BCUT2D eigenvalue weighted by atomic mass is 10.3. The SMILES string of the molecule is O=[N+]([O-])OCCC(O)COP. The Morgan fingerprint density at radius 1 is 1.73 bits per heavy atom. The molecule has 0 fully saturated rings. The van der Waals surface area contributed by atoms with Crippen LogP contribution in [0.4, 0.5) is 0 Å². The standard InChI is InChI=1S/C4H10NO5P/c6-4(3-10-11)1-2-9-5(7)8/h4,6H,1-3,11H2. The van der Waals surface area contributed by atoms with Crippen molar-refractivity contribution in [2.45, 2.75) is 12.5 Å². The monoisotopic (exact) mass is 183 g/mol. The van der Waals surface area contributed by atoms with Crippen LogP contribution in [0, 0.1) is 10.1 Å². The van der Waals surface area contributed by atoms with Gasteiger partial charge in [-0.1, -0.05) is 0 Å². The Balaban J connectivity index is 3.16. The van der Waals surface area contributed by atoms with E-state index in [1.54, 1.807) is 0 Å². The van der Waals surface area contributed by atoms with E-state index in [9.17, 15) is 10.1 Å². The second-order valence-electron chi connectivity index (χ2n) is 1.83. The first kappa shape index (κ1) is 10.6. The van der Waals surface area contributed by atoms with Crippen molar-refractivity contribution in [3.05, 3.63) is 10.1 Å². The number of aliphatic hydroxyl groups excluding tert-OH is 1.